The second-order valence-electron chi connectivity index (χ2n) is 6.13. The molecule has 6 atom stereocenters. The molecule has 0 aromatic rings. The second kappa shape index (κ2) is 4.27. The van der Waals surface area contributed by atoms with Gasteiger partial charge >= 0.3 is 5.97 Å². The average molecular weight is 238 g/mol. The molecule has 1 saturated heterocycles. The molecular formula is C14H22O3. The highest BCUT2D eigenvalue weighted by molar-refractivity contribution is 5.75. The van der Waals surface area contributed by atoms with E-state index in [2.05, 4.69) is 0 Å². The maximum Gasteiger partial charge on any atom is 0.309 e. The van der Waals surface area contributed by atoms with Crippen LogP contribution in [0.2, 0.25) is 0 Å². The van der Waals surface area contributed by atoms with Crippen molar-refractivity contribution in [2.45, 2.75) is 45.1 Å². The van der Waals surface area contributed by atoms with E-state index in [1.807, 2.05) is 6.92 Å². The maximum atomic E-state index is 11.7. The van der Waals surface area contributed by atoms with Crippen molar-refractivity contribution in [3.8, 4) is 0 Å². The van der Waals surface area contributed by atoms with Crippen molar-refractivity contribution in [3.05, 3.63) is 0 Å². The minimum atomic E-state index is -0.0444. The number of aliphatic hydroxyl groups excluding tert-OH is 1. The third-order valence-electron chi connectivity index (χ3n) is 5.40. The summed E-state index contributed by atoms with van der Waals surface area (Å²) >= 11 is 0. The number of aliphatic hydroxyl groups is 1. The number of hydrogen-bond acceptors (Lipinski definition) is 3. The first-order valence-corrected chi connectivity index (χ1v) is 7.03. The van der Waals surface area contributed by atoms with E-state index in [4.69, 9.17) is 4.74 Å². The molecule has 2 saturated carbocycles. The van der Waals surface area contributed by atoms with Crippen molar-refractivity contribution in [2.75, 3.05) is 6.61 Å². The molecule has 3 rings (SSSR count). The molecule has 0 spiro atoms. The van der Waals surface area contributed by atoms with Crippen LogP contribution in [0.5, 0.6) is 0 Å². The molecular weight excluding hydrogens is 216 g/mol. The number of carbonyl (C=O) groups is 1. The number of rotatable bonds is 1. The quantitative estimate of drug-likeness (QED) is 0.711. The van der Waals surface area contributed by atoms with Crippen LogP contribution in [-0.4, -0.2) is 23.8 Å². The zero-order chi connectivity index (χ0) is 12.0. The van der Waals surface area contributed by atoms with E-state index in [9.17, 15) is 9.90 Å². The van der Waals surface area contributed by atoms with Gasteiger partial charge in [0.05, 0.1) is 5.92 Å². The highest BCUT2D eigenvalue weighted by Crippen LogP contribution is 2.51. The Labute approximate surface area is 103 Å². The van der Waals surface area contributed by atoms with Gasteiger partial charge in [-0.1, -0.05) is 26.2 Å². The monoisotopic (exact) mass is 238 g/mol. The highest BCUT2D eigenvalue weighted by Gasteiger charge is 2.53. The lowest BCUT2D eigenvalue weighted by atomic mass is 9.59. The normalized spacial score (nSPS) is 49.4. The molecule has 0 aromatic heterocycles. The number of carbonyl (C=O) groups excluding carboxylic acids is 1. The summed E-state index contributed by atoms with van der Waals surface area (Å²) in [6.45, 7) is 2.20. The zero-order valence-electron chi connectivity index (χ0n) is 10.5. The predicted molar refractivity (Wildman–Crippen MR) is 63.2 cm³/mol. The lowest BCUT2D eigenvalue weighted by molar-refractivity contribution is -0.145. The Balaban J connectivity index is 1.87. The van der Waals surface area contributed by atoms with E-state index in [0.29, 0.717) is 17.8 Å². The van der Waals surface area contributed by atoms with E-state index < -0.39 is 0 Å². The molecule has 0 amide bonds. The standard InChI is InChI=1S/C14H22O3/c1-8-13-11(7-15)10-5-3-2-4-9(10)6-12(13)17-14(8)16/h8-13,15H,2-7H2,1H3/t8-,9-,10+,11-,12-,13+/m0/s1. The van der Waals surface area contributed by atoms with E-state index in [1.165, 1.54) is 25.7 Å². The molecule has 2 aliphatic carbocycles. The Hall–Kier alpha value is -0.570. The second-order valence-corrected chi connectivity index (χ2v) is 6.13. The molecule has 1 aliphatic heterocycles. The van der Waals surface area contributed by atoms with Gasteiger partial charge in [-0.15, -0.1) is 0 Å². The predicted octanol–water partition coefficient (Wildman–Crippen LogP) is 1.98. The van der Waals surface area contributed by atoms with Crippen molar-refractivity contribution in [1.82, 2.24) is 0 Å². The summed E-state index contributed by atoms with van der Waals surface area (Å²) in [5, 5.41) is 9.71. The summed E-state index contributed by atoms with van der Waals surface area (Å²) < 4.78 is 5.51. The Morgan fingerprint density at radius 2 is 2.12 bits per heavy atom. The molecule has 0 bridgehead atoms. The summed E-state index contributed by atoms with van der Waals surface area (Å²) in [6, 6.07) is 0. The molecule has 1 heterocycles. The van der Waals surface area contributed by atoms with Gasteiger partial charge in [0, 0.05) is 12.5 Å². The van der Waals surface area contributed by atoms with Crippen molar-refractivity contribution < 1.29 is 14.6 Å². The minimum absolute atomic E-state index is 0.0139. The summed E-state index contributed by atoms with van der Waals surface area (Å²) in [5.41, 5.74) is 0. The van der Waals surface area contributed by atoms with Crippen LogP contribution in [0, 0.1) is 29.6 Å². The Morgan fingerprint density at radius 3 is 2.88 bits per heavy atom. The van der Waals surface area contributed by atoms with Crippen LogP contribution in [0.1, 0.15) is 39.0 Å². The van der Waals surface area contributed by atoms with Gasteiger partial charge in [0.15, 0.2) is 0 Å². The molecule has 3 fully saturated rings. The van der Waals surface area contributed by atoms with Crippen LogP contribution in [0.25, 0.3) is 0 Å². The fourth-order valence-corrected chi connectivity index (χ4v) is 4.60. The molecule has 0 unspecified atom stereocenters. The van der Waals surface area contributed by atoms with E-state index >= 15 is 0 Å². The van der Waals surface area contributed by atoms with Gasteiger partial charge in [-0.25, -0.2) is 0 Å². The van der Waals surface area contributed by atoms with Crippen LogP contribution >= 0.6 is 0 Å². The Morgan fingerprint density at radius 1 is 1.35 bits per heavy atom. The fourth-order valence-electron chi connectivity index (χ4n) is 4.60. The molecule has 0 aromatic carbocycles. The maximum absolute atomic E-state index is 11.7. The van der Waals surface area contributed by atoms with Gasteiger partial charge in [-0.3, -0.25) is 4.79 Å². The highest BCUT2D eigenvalue weighted by atomic mass is 16.6. The summed E-state index contributed by atoms with van der Waals surface area (Å²) in [4.78, 5) is 11.7. The van der Waals surface area contributed by atoms with E-state index in [-0.39, 0.29) is 30.5 Å². The number of ether oxygens (including phenoxy) is 1. The number of hydrogen-bond donors (Lipinski definition) is 1. The number of esters is 1. The van der Waals surface area contributed by atoms with E-state index in [1.54, 1.807) is 0 Å². The molecule has 1 N–H and O–H groups in total. The van der Waals surface area contributed by atoms with Gasteiger partial charge in [-0.2, -0.15) is 0 Å². The van der Waals surface area contributed by atoms with Crippen LogP contribution in [0.4, 0.5) is 0 Å². The van der Waals surface area contributed by atoms with Crippen molar-refractivity contribution >= 4 is 5.97 Å². The SMILES string of the molecule is C[C@@H]1C(=O)O[C@H]2C[C@@H]3CCCC[C@H]3[C@H](CO)[C@H]21. The van der Waals surface area contributed by atoms with Crippen LogP contribution in [0.3, 0.4) is 0 Å². The fraction of sp³-hybridized carbons (Fsp3) is 0.929. The van der Waals surface area contributed by atoms with Gasteiger partial charge in [0.2, 0.25) is 0 Å². The summed E-state index contributed by atoms with van der Waals surface area (Å²) in [7, 11) is 0. The minimum Gasteiger partial charge on any atom is -0.462 e. The molecule has 3 aliphatic rings. The first kappa shape index (κ1) is 11.5. The number of fused-ring (bicyclic) bond motifs is 2. The topological polar surface area (TPSA) is 46.5 Å². The Kier molecular flexibility index (Phi) is 2.89. The molecule has 3 nitrogen and oxygen atoms in total. The zero-order valence-corrected chi connectivity index (χ0v) is 10.5. The lowest BCUT2D eigenvalue weighted by Crippen LogP contribution is -2.45. The third kappa shape index (κ3) is 1.70. The summed E-state index contributed by atoms with van der Waals surface area (Å²) in [5.74, 6) is 1.82. The summed E-state index contributed by atoms with van der Waals surface area (Å²) in [6.07, 6.45) is 6.23. The molecule has 0 radical (unpaired) electrons. The van der Waals surface area contributed by atoms with Crippen molar-refractivity contribution in [3.63, 3.8) is 0 Å². The largest absolute Gasteiger partial charge is 0.462 e. The third-order valence-corrected chi connectivity index (χ3v) is 5.40. The van der Waals surface area contributed by atoms with Crippen LogP contribution in [0.15, 0.2) is 0 Å². The van der Waals surface area contributed by atoms with E-state index in [0.717, 1.165) is 6.42 Å². The van der Waals surface area contributed by atoms with Crippen molar-refractivity contribution in [2.24, 2.45) is 29.6 Å². The first-order valence-electron chi connectivity index (χ1n) is 7.03. The van der Waals surface area contributed by atoms with Crippen LogP contribution < -0.4 is 0 Å². The molecule has 96 valence electrons. The lowest BCUT2D eigenvalue weighted by Gasteiger charge is -2.46. The average Bonchev–Trinajstić information content (AvgIpc) is 2.62. The van der Waals surface area contributed by atoms with Gasteiger partial charge in [0.25, 0.3) is 0 Å². The molecule has 3 heteroatoms. The van der Waals surface area contributed by atoms with Gasteiger partial charge < -0.3 is 9.84 Å². The van der Waals surface area contributed by atoms with Gasteiger partial charge in [-0.05, 0) is 30.6 Å². The molecule has 17 heavy (non-hydrogen) atoms. The van der Waals surface area contributed by atoms with Crippen molar-refractivity contribution in [1.29, 1.82) is 0 Å². The van der Waals surface area contributed by atoms with Gasteiger partial charge in [0.1, 0.15) is 6.10 Å². The smallest absolute Gasteiger partial charge is 0.309 e. The Bertz CT molecular complexity index is 315. The first-order chi connectivity index (χ1) is 8.22. The van der Waals surface area contributed by atoms with Crippen LogP contribution in [-0.2, 0) is 9.53 Å².